The van der Waals surface area contributed by atoms with Crippen molar-refractivity contribution in [2.75, 3.05) is 12.0 Å². The number of benzene rings is 1. The van der Waals surface area contributed by atoms with Gasteiger partial charge in [-0.3, -0.25) is 18.6 Å². The topological polar surface area (TPSA) is 92.2 Å². The summed E-state index contributed by atoms with van der Waals surface area (Å²) in [6.07, 6.45) is 1.50. The largest absolute Gasteiger partial charge is 0.494 e. The molecule has 0 aliphatic carbocycles. The maximum absolute atomic E-state index is 11.9. The highest BCUT2D eigenvalue weighted by molar-refractivity contribution is 9.10. The van der Waals surface area contributed by atoms with Crippen LogP contribution in [0.1, 0.15) is 0 Å². The Labute approximate surface area is 131 Å². The van der Waals surface area contributed by atoms with Crippen molar-refractivity contribution >= 4 is 26.7 Å². The van der Waals surface area contributed by atoms with E-state index in [4.69, 9.17) is 0 Å². The second kappa shape index (κ2) is 6.40. The van der Waals surface area contributed by atoms with E-state index in [9.17, 15) is 18.9 Å². The zero-order valence-corrected chi connectivity index (χ0v) is 13.5. The Balaban J connectivity index is 2.58. The van der Waals surface area contributed by atoms with Gasteiger partial charge in [-0.1, -0.05) is 28.1 Å². The number of aromatic hydroxyl groups is 1. The number of nitrogens with zero attached hydrogens (tertiary/aromatic N) is 1. The highest BCUT2D eigenvalue weighted by Gasteiger charge is 2.16. The summed E-state index contributed by atoms with van der Waals surface area (Å²) < 4.78 is 13.0. The monoisotopic (exact) mass is 372 g/mol. The minimum atomic E-state index is -1.11. The number of hydrogen-bond donors (Lipinski definition) is 2. The van der Waals surface area contributed by atoms with Crippen LogP contribution < -0.4 is 11.2 Å². The SMILES string of the molecule is CS(=O)CCn1c(O)c(-c2ccc(Br)cc2)c(=O)[nH]c1=O. The van der Waals surface area contributed by atoms with Crippen molar-refractivity contribution in [2.45, 2.75) is 6.54 Å². The van der Waals surface area contributed by atoms with E-state index in [1.807, 2.05) is 0 Å². The first-order valence-electron chi connectivity index (χ1n) is 6.02. The van der Waals surface area contributed by atoms with Crippen LogP contribution in [0.3, 0.4) is 0 Å². The van der Waals surface area contributed by atoms with Crippen LogP contribution in [-0.4, -0.2) is 30.9 Å². The first kappa shape index (κ1) is 15.7. The Kier molecular flexibility index (Phi) is 4.79. The number of aromatic amines is 1. The number of aromatic nitrogens is 2. The molecule has 0 aliphatic rings. The molecule has 0 radical (unpaired) electrons. The van der Waals surface area contributed by atoms with E-state index in [0.29, 0.717) is 5.56 Å². The minimum absolute atomic E-state index is 0.0176. The Hall–Kier alpha value is -1.67. The average molecular weight is 373 g/mol. The average Bonchev–Trinajstić information content (AvgIpc) is 2.40. The van der Waals surface area contributed by atoms with Gasteiger partial charge >= 0.3 is 5.69 Å². The van der Waals surface area contributed by atoms with Gasteiger partial charge in [0.25, 0.3) is 5.56 Å². The number of halogens is 1. The van der Waals surface area contributed by atoms with Gasteiger partial charge in [-0.2, -0.15) is 0 Å². The second-order valence-electron chi connectivity index (χ2n) is 4.39. The van der Waals surface area contributed by atoms with Crippen molar-refractivity contribution in [1.29, 1.82) is 0 Å². The Bertz CT molecular complexity index is 795. The summed E-state index contributed by atoms with van der Waals surface area (Å²) in [6.45, 7) is 0.0636. The van der Waals surface area contributed by atoms with E-state index >= 15 is 0 Å². The zero-order chi connectivity index (χ0) is 15.6. The summed E-state index contributed by atoms with van der Waals surface area (Å²) in [5.74, 6) is -0.212. The molecule has 1 unspecified atom stereocenters. The van der Waals surface area contributed by atoms with Gasteiger partial charge in [0.15, 0.2) is 0 Å². The molecule has 0 amide bonds. The predicted molar refractivity (Wildman–Crippen MR) is 85.1 cm³/mol. The molecule has 0 bridgehead atoms. The third kappa shape index (κ3) is 3.51. The number of rotatable bonds is 4. The van der Waals surface area contributed by atoms with Gasteiger partial charge in [0.1, 0.15) is 5.56 Å². The van der Waals surface area contributed by atoms with Crippen LogP contribution in [0, 0.1) is 0 Å². The molecule has 112 valence electrons. The molecule has 1 aromatic carbocycles. The summed E-state index contributed by atoms with van der Waals surface area (Å²) >= 11 is 3.28. The lowest BCUT2D eigenvalue weighted by Crippen LogP contribution is -2.32. The molecular formula is C13H13BrN2O4S. The van der Waals surface area contributed by atoms with Crippen molar-refractivity contribution in [3.05, 3.63) is 49.6 Å². The molecule has 1 atom stereocenters. The number of hydrogen-bond acceptors (Lipinski definition) is 4. The van der Waals surface area contributed by atoms with Gasteiger partial charge in [-0.05, 0) is 17.7 Å². The lowest BCUT2D eigenvalue weighted by atomic mass is 10.1. The summed E-state index contributed by atoms with van der Waals surface area (Å²) in [7, 11) is -1.11. The van der Waals surface area contributed by atoms with Crippen LogP contribution in [0.4, 0.5) is 0 Å². The summed E-state index contributed by atoms with van der Waals surface area (Å²) in [4.78, 5) is 25.9. The van der Waals surface area contributed by atoms with Crippen LogP contribution in [0.2, 0.25) is 0 Å². The molecule has 1 aromatic heterocycles. The Morgan fingerprint density at radius 2 is 1.90 bits per heavy atom. The van der Waals surface area contributed by atoms with E-state index in [-0.39, 0.29) is 17.9 Å². The highest BCUT2D eigenvalue weighted by atomic mass is 79.9. The molecule has 0 saturated heterocycles. The maximum atomic E-state index is 11.9. The molecule has 2 aromatic rings. The standard InChI is InChI=1S/C13H13BrN2O4S/c1-21(20)7-6-16-12(18)10(11(17)15-13(16)19)8-2-4-9(14)5-3-8/h2-5,18H,6-7H2,1H3,(H,15,17,19). The van der Waals surface area contributed by atoms with Crippen LogP contribution in [0.25, 0.3) is 11.1 Å². The fraction of sp³-hybridized carbons (Fsp3) is 0.231. The second-order valence-corrected chi connectivity index (χ2v) is 6.86. The van der Waals surface area contributed by atoms with Crippen LogP contribution in [-0.2, 0) is 17.3 Å². The van der Waals surface area contributed by atoms with Crippen LogP contribution in [0.15, 0.2) is 38.3 Å². The molecule has 2 rings (SSSR count). The zero-order valence-electron chi connectivity index (χ0n) is 11.1. The summed E-state index contributed by atoms with van der Waals surface area (Å²) in [5.41, 5.74) is -0.871. The van der Waals surface area contributed by atoms with Gasteiger partial charge in [-0.25, -0.2) is 4.79 Å². The molecule has 0 spiro atoms. The Morgan fingerprint density at radius 1 is 1.29 bits per heavy atom. The third-order valence-electron chi connectivity index (χ3n) is 2.91. The van der Waals surface area contributed by atoms with Gasteiger partial charge in [-0.15, -0.1) is 0 Å². The molecule has 2 N–H and O–H groups in total. The fourth-order valence-corrected chi connectivity index (χ4v) is 2.57. The van der Waals surface area contributed by atoms with Crippen molar-refractivity contribution in [1.82, 2.24) is 9.55 Å². The van der Waals surface area contributed by atoms with Crippen LogP contribution >= 0.6 is 15.9 Å². The molecule has 8 heteroatoms. The van der Waals surface area contributed by atoms with Gasteiger partial charge < -0.3 is 5.11 Å². The third-order valence-corrected chi connectivity index (χ3v) is 4.19. The first-order chi connectivity index (χ1) is 9.90. The molecule has 6 nitrogen and oxygen atoms in total. The quantitative estimate of drug-likeness (QED) is 0.838. The summed E-state index contributed by atoms with van der Waals surface area (Å²) in [6, 6.07) is 6.76. The lowest BCUT2D eigenvalue weighted by Gasteiger charge is -2.11. The lowest BCUT2D eigenvalue weighted by molar-refractivity contribution is 0.409. The first-order valence-corrected chi connectivity index (χ1v) is 8.54. The molecule has 1 heterocycles. The molecule has 21 heavy (non-hydrogen) atoms. The number of H-pyrrole nitrogens is 1. The van der Waals surface area contributed by atoms with Gasteiger partial charge in [0, 0.05) is 33.8 Å². The van der Waals surface area contributed by atoms with Crippen molar-refractivity contribution in [3.8, 4) is 17.0 Å². The van der Waals surface area contributed by atoms with Crippen LogP contribution in [0.5, 0.6) is 5.88 Å². The molecule has 0 fully saturated rings. The minimum Gasteiger partial charge on any atom is -0.494 e. The van der Waals surface area contributed by atoms with Crippen molar-refractivity contribution in [2.24, 2.45) is 0 Å². The van der Waals surface area contributed by atoms with E-state index in [2.05, 4.69) is 20.9 Å². The Morgan fingerprint density at radius 3 is 2.48 bits per heavy atom. The molecule has 0 saturated carbocycles. The van der Waals surface area contributed by atoms with E-state index in [0.717, 1.165) is 9.04 Å². The highest BCUT2D eigenvalue weighted by Crippen LogP contribution is 2.25. The van der Waals surface area contributed by atoms with Gasteiger partial charge in [0.05, 0.1) is 0 Å². The van der Waals surface area contributed by atoms with E-state index in [1.165, 1.54) is 6.26 Å². The van der Waals surface area contributed by atoms with Crippen molar-refractivity contribution < 1.29 is 9.32 Å². The fourth-order valence-electron chi connectivity index (χ4n) is 1.86. The molecule has 0 aliphatic heterocycles. The van der Waals surface area contributed by atoms with Gasteiger partial charge in [0.2, 0.25) is 5.88 Å². The number of nitrogens with one attached hydrogen (secondary N) is 1. The predicted octanol–water partition coefficient (Wildman–Crippen LogP) is 1.05. The normalized spacial score (nSPS) is 12.3. The molecular weight excluding hydrogens is 360 g/mol. The maximum Gasteiger partial charge on any atom is 0.331 e. The summed E-state index contributed by atoms with van der Waals surface area (Å²) in [5, 5.41) is 10.2. The van der Waals surface area contributed by atoms with E-state index in [1.54, 1.807) is 24.3 Å². The van der Waals surface area contributed by atoms with Crippen molar-refractivity contribution in [3.63, 3.8) is 0 Å². The smallest absolute Gasteiger partial charge is 0.331 e. The van der Waals surface area contributed by atoms with E-state index < -0.39 is 27.9 Å².